The minimum atomic E-state index is -1.38. The summed E-state index contributed by atoms with van der Waals surface area (Å²) in [6, 6.07) is -2.44. The first-order valence-electron chi connectivity index (χ1n) is 10.6. The van der Waals surface area contributed by atoms with Gasteiger partial charge in [-0.1, -0.05) is 58.0 Å². The highest BCUT2D eigenvalue weighted by Crippen LogP contribution is 2.48. The number of alkyl carbamates (subject to hydrolysis) is 1. The minimum Gasteiger partial charge on any atom is -0.444 e. The van der Waals surface area contributed by atoms with E-state index >= 15 is 0 Å². The van der Waals surface area contributed by atoms with Crippen LogP contribution in [-0.2, 0) is 19.1 Å². The molecule has 0 unspecified atom stereocenters. The predicted molar refractivity (Wildman–Crippen MR) is 135 cm³/mol. The van der Waals surface area contributed by atoms with Crippen molar-refractivity contribution in [1.82, 2.24) is 15.5 Å². The van der Waals surface area contributed by atoms with Crippen LogP contribution in [0.25, 0.3) is 0 Å². The van der Waals surface area contributed by atoms with E-state index in [1.165, 1.54) is 0 Å². The predicted octanol–water partition coefficient (Wildman–Crippen LogP) is 3.85. The van der Waals surface area contributed by atoms with Crippen LogP contribution >= 0.6 is 58.0 Å². The second kappa shape index (κ2) is 12.7. The highest BCUT2D eigenvalue weighted by molar-refractivity contribution is 6.55. The first kappa shape index (κ1) is 30.5. The molecule has 200 valence electrons. The number of ether oxygens (including phenoxy) is 2. The summed E-state index contributed by atoms with van der Waals surface area (Å²) in [6.45, 7) is 3.87. The lowest BCUT2D eigenvalue weighted by molar-refractivity contribution is -0.148. The van der Waals surface area contributed by atoms with Gasteiger partial charge in [0.2, 0.25) is 11.8 Å². The van der Waals surface area contributed by atoms with E-state index in [0.717, 1.165) is 4.90 Å². The van der Waals surface area contributed by atoms with Crippen molar-refractivity contribution < 1.29 is 33.8 Å². The van der Waals surface area contributed by atoms with Crippen molar-refractivity contribution >= 4 is 81.9 Å². The number of hydrogen-bond donors (Lipinski definition) is 3. The Morgan fingerprint density at radius 2 is 1.58 bits per heavy atom. The number of halogens is 5. The van der Waals surface area contributed by atoms with E-state index in [1.807, 2.05) is 0 Å². The molecule has 1 saturated heterocycles. The quantitative estimate of drug-likeness (QED) is 0.186. The third kappa shape index (κ3) is 7.66. The monoisotopic (exact) mass is 605 g/mol. The largest absolute Gasteiger partial charge is 0.444 e. The molecule has 0 aromatic heterocycles. The summed E-state index contributed by atoms with van der Waals surface area (Å²) in [7, 11) is 0. The molecule has 0 aliphatic carbocycles. The van der Waals surface area contributed by atoms with Crippen LogP contribution in [0.2, 0.25) is 25.1 Å². The van der Waals surface area contributed by atoms with Gasteiger partial charge in [0.05, 0.1) is 21.7 Å². The van der Waals surface area contributed by atoms with Gasteiger partial charge >= 0.3 is 12.1 Å². The molecule has 36 heavy (non-hydrogen) atoms. The van der Waals surface area contributed by atoms with E-state index in [4.69, 9.17) is 67.5 Å². The van der Waals surface area contributed by atoms with E-state index in [-0.39, 0.29) is 43.8 Å². The fourth-order valence-electron chi connectivity index (χ4n) is 3.22. The van der Waals surface area contributed by atoms with E-state index in [1.54, 1.807) is 20.8 Å². The Morgan fingerprint density at radius 3 is 2.11 bits per heavy atom. The van der Waals surface area contributed by atoms with Gasteiger partial charge in [-0.2, -0.15) is 0 Å². The number of aliphatic hydroxyl groups is 1. The Balaban J connectivity index is 2.07. The summed E-state index contributed by atoms with van der Waals surface area (Å²) in [5.41, 5.74) is -0.763. The summed E-state index contributed by atoms with van der Waals surface area (Å²) in [4.78, 5) is 51.0. The molecule has 1 fully saturated rings. The fraction of sp³-hybridized carbons (Fsp3) is 0.524. The molecule has 0 spiro atoms. The van der Waals surface area contributed by atoms with Gasteiger partial charge in [-0.15, -0.1) is 0 Å². The number of benzene rings is 1. The number of rotatable bonds is 7. The van der Waals surface area contributed by atoms with Gasteiger partial charge in [0.15, 0.2) is 5.75 Å². The normalized spacial score (nSPS) is 16.4. The summed E-state index contributed by atoms with van der Waals surface area (Å²) < 4.78 is 10.3. The maximum atomic E-state index is 13.0. The zero-order valence-electron chi connectivity index (χ0n) is 19.4. The van der Waals surface area contributed by atoms with Gasteiger partial charge in [0, 0.05) is 6.54 Å². The van der Waals surface area contributed by atoms with E-state index in [0.29, 0.717) is 6.42 Å². The number of aliphatic hydroxyl groups excluding tert-OH is 1. The van der Waals surface area contributed by atoms with Crippen molar-refractivity contribution in [2.75, 3.05) is 19.7 Å². The first-order chi connectivity index (χ1) is 16.7. The third-order valence-electron chi connectivity index (χ3n) is 4.79. The third-order valence-corrected chi connectivity index (χ3v) is 7.03. The topological polar surface area (TPSA) is 134 Å². The van der Waals surface area contributed by atoms with Crippen LogP contribution in [0.4, 0.5) is 4.79 Å². The van der Waals surface area contributed by atoms with Crippen LogP contribution in [-0.4, -0.2) is 71.3 Å². The van der Waals surface area contributed by atoms with Crippen LogP contribution in [0.1, 0.15) is 33.6 Å². The zero-order valence-corrected chi connectivity index (χ0v) is 23.2. The lowest BCUT2D eigenvalue weighted by Gasteiger charge is -2.27. The first-order valence-corrected chi connectivity index (χ1v) is 12.5. The number of nitrogens with zero attached hydrogens (tertiary/aromatic N) is 1. The van der Waals surface area contributed by atoms with Crippen molar-refractivity contribution in [3.8, 4) is 5.75 Å². The highest BCUT2D eigenvalue weighted by Gasteiger charge is 2.39. The van der Waals surface area contributed by atoms with E-state index < -0.39 is 54.7 Å². The molecule has 3 amide bonds. The molecule has 2 rings (SSSR count). The molecule has 0 bridgehead atoms. The van der Waals surface area contributed by atoms with Gasteiger partial charge in [-0.05, 0) is 33.6 Å². The van der Waals surface area contributed by atoms with Gasteiger partial charge in [-0.3, -0.25) is 9.59 Å². The average Bonchev–Trinajstić information content (AvgIpc) is 3.30. The number of esters is 1. The molecule has 1 heterocycles. The van der Waals surface area contributed by atoms with E-state index in [2.05, 4.69) is 10.6 Å². The summed E-state index contributed by atoms with van der Waals surface area (Å²) in [6.07, 6.45) is -0.144. The molecule has 1 aromatic carbocycles. The molecule has 3 N–H and O–H groups in total. The van der Waals surface area contributed by atoms with Crippen molar-refractivity contribution in [2.45, 2.75) is 51.3 Å². The number of amides is 3. The van der Waals surface area contributed by atoms with Gasteiger partial charge in [-0.25, -0.2) is 9.59 Å². The number of carbonyl (C=O) groups excluding carboxylic acids is 4. The maximum absolute atomic E-state index is 13.0. The lowest BCUT2D eigenvalue weighted by atomic mass is 10.2. The SMILES string of the molecule is CC(C)(C)OC(=O)NCC(=O)N[C@@H](CO)C(=O)N1CCC[C@H]1C(=O)Oc1c(Cl)c(Cl)c(Cl)c(Cl)c1Cl. The Hall–Kier alpha value is -1.69. The smallest absolute Gasteiger partial charge is 0.408 e. The van der Waals surface area contributed by atoms with Gasteiger partial charge < -0.3 is 30.1 Å². The standard InChI is InChI=1S/C21H24Cl5N3O7/c1-21(2,3)36-20(34)27-7-11(31)28-9(8-30)18(32)29-6-4-5-10(29)19(33)35-17-15(25)13(23)12(22)14(24)16(17)26/h9-10,30H,4-8H2,1-3H3,(H,27,34)(H,28,31)/t9-,10-/m0/s1. The Morgan fingerprint density at radius 1 is 1.03 bits per heavy atom. The number of carbonyl (C=O) groups is 4. The lowest BCUT2D eigenvalue weighted by Crippen LogP contribution is -2.55. The summed E-state index contributed by atoms with van der Waals surface area (Å²) in [5, 5.41) is 13.3. The fourth-order valence-corrected chi connectivity index (χ4v) is 4.41. The highest BCUT2D eigenvalue weighted by atomic mass is 35.5. The van der Waals surface area contributed by atoms with Crippen LogP contribution in [0.3, 0.4) is 0 Å². The van der Waals surface area contributed by atoms with Crippen LogP contribution < -0.4 is 15.4 Å². The summed E-state index contributed by atoms with van der Waals surface area (Å²) >= 11 is 30.2. The molecule has 1 aliphatic rings. The van der Waals surface area contributed by atoms with Crippen molar-refractivity contribution in [2.24, 2.45) is 0 Å². The average molecular weight is 608 g/mol. The second-order valence-electron chi connectivity index (χ2n) is 8.67. The maximum Gasteiger partial charge on any atom is 0.408 e. The zero-order chi connectivity index (χ0) is 27.4. The molecule has 1 aliphatic heterocycles. The van der Waals surface area contributed by atoms with Crippen LogP contribution in [0.15, 0.2) is 0 Å². The molecule has 0 saturated carbocycles. The Bertz CT molecular complexity index is 1020. The second-order valence-corrected chi connectivity index (χ2v) is 10.6. The summed E-state index contributed by atoms with van der Waals surface area (Å²) in [5.74, 6) is -2.68. The number of nitrogens with one attached hydrogen (secondary N) is 2. The Labute approximate surface area is 232 Å². The Kier molecular flexibility index (Phi) is 10.8. The molecule has 0 radical (unpaired) electrons. The van der Waals surface area contributed by atoms with Crippen molar-refractivity contribution in [1.29, 1.82) is 0 Å². The van der Waals surface area contributed by atoms with Gasteiger partial charge in [0.1, 0.15) is 34.3 Å². The van der Waals surface area contributed by atoms with Crippen molar-refractivity contribution in [3.63, 3.8) is 0 Å². The molecule has 10 nitrogen and oxygen atoms in total. The van der Waals surface area contributed by atoms with Crippen LogP contribution in [0, 0.1) is 0 Å². The van der Waals surface area contributed by atoms with Crippen LogP contribution in [0.5, 0.6) is 5.75 Å². The minimum absolute atomic E-state index is 0.117. The number of hydrogen-bond acceptors (Lipinski definition) is 7. The van der Waals surface area contributed by atoms with E-state index in [9.17, 15) is 24.3 Å². The molecular weight excluding hydrogens is 584 g/mol. The van der Waals surface area contributed by atoms with Crippen molar-refractivity contribution in [3.05, 3.63) is 25.1 Å². The van der Waals surface area contributed by atoms with Gasteiger partial charge in [0.25, 0.3) is 0 Å². The number of likely N-dealkylation sites (tertiary alicyclic amines) is 1. The molecule has 2 atom stereocenters. The molecular formula is C21H24Cl5N3O7. The molecule has 15 heteroatoms. The molecule has 1 aromatic rings.